The summed E-state index contributed by atoms with van der Waals surface area (Å²) in [6.07, 6.45) is 5.77. The summed E-state index contributed by atoms with van der Waals surface area (Å²) in [5.74, 6) is 2.43. The molecule has 1 aliphatic heterocycles. The Labute approximate surface area is 137 Å². The van der Waals surface area contributed by atoms with Crippen LogP contribution in [-0.2, 0) is 21.7 Å². The van der Waals surface area contributed by atoms with Gasteiger partial charge in [0.1, 0.15) is 12.1 Å². The van der Waals surface area contributed by atoms with Gasteiger partial charge in [-0.1, -0.05) is 20.3 Å². The van der Waals surface area contributed by atoms with Crippen molar-refractivity contribution in [2.45, 2.75) is 64.5 Å². The van der Waals surface area contributed by atoms with E-state index in [4.69, 9.17) is 9.15 Å². The fourth-order valence-electron chi connectivity index (χ4n) is 4.00. The van der Waals surface area contributed by atoms with E-state index >= 15 is 0 Å². The van der Waals surface area contributed by atoms with Gasteiger partial charge in [0, 0.05) is 20.1 Å². The predicted molar refractivity (Wildman–Crippen MR) is 84.4 cm³/mol. The van der Waals surface area contributed by atoms with Crippen molar-refractivity contribution in [2.24, 2.45) is 11.8 Å². The topological polar surface area (TPSA) is 68.5 Å². The number of aromatic nitrogens is 2. The molecular formula is C17H27N3O3. The van der Waals surface area contributed by atoms with Crippen LogP contribution in [0.15, 0.2) is 4.42 Å². The fraction of sp³-hybridized carbons (Fsp3) is 0.824. The van der Waals surface area contributed by atoms with E-state index in [1.165, 1.54) is 0 Å². The third-order valence-electron chi connectivity index (χ3n) is 5.31. The summed E-state index contributed by atoms with van der Waals surface area (Å²) in [4.78, 5) is 14.8. The minimum Gasteiger partial charge on any atom is -0.420 e. The molecule has 2 fully saturated rings. The molecule has 1 saturated carbocycles. The number of rotatable bonds is 7. The van der Waals surface area contributed by atoms with Crippen LogP contribution < -0.4 is 0 Å². The lowest BCUT2D eigenvalue weighted by atomic mass is 9.67. The minimum absolute atomic E-state index is 0.236. The number of hydrogen-bond donors (Lipinski definition) is 0. The van der Waals surface area contributed by atoms with E-state index in [0.29, 0.717) is 36.6 Å². The van der Waals surface area contributed by atoms with E-state index in [0.717, 1.165) is 38.6 Å². The Morgan fingerprint density at radius 3 is 2.91 bits per heavy atom. The predicted octanol–water partition coefficient (Wildman–Crippen LogP) is 2.88. The molecule has 128 valence electrons. The molecule has 6 heteroatoms. The number of carbonyl (C=O) groups is 1. The molecule has 0 unspecified atom stereocenters. The van der Waals surface area contributed by atoms with Gasteiger partial charge in [-0.15, -0.1) is 10.2 Å². The first-order valence-electron chi connectivity index (χ1n) is 8.70. The molecule has 0 bridgehead atoms. The molecule has 2 atom stereocenters. The molecule has 6 nitrogen and oxygen atoms in total. The highest BCUT2D eigenvalue weighted by Gasteiger charge is 2.60. The summed E-state index contributed by atoms with van der Waals surface area (Å²) in [6.45, 7) is 5.52. The highest BCUT2D eigenvalue weighted by atomic mass is 16.5. The van der Waals surface area contributed by atoms with Gasteiger partial charge in [0.25, 0.3) is 0 Å². The molecule has 0 N–H and O–H groups in total. The highest BCUT2D eigenvalue weighted by Crippen LogP contribution is 2.56. The molecule has 1 aromatic rings. The zero-order valence-electron chi connectivity index (χ0n) is 14.4. The molecular weight excluding hydrogens is 294 g/mol. The van der Waals surface area contributed by atoms with Crippen LogP contribution in [0, 0.1) is 11.8 Å². The molecule has 1 saturated heterocycles. The van der Waals surface area contributed by atoms with E-state index in [-0.39, 0.29) is 11.4 Å². The Balaban J connectivity index is 1.73. The van der Waals surface area contributed by atoms with Crippen molar-refractivity contribution in [1.82, 2.24) is 15.1 Å². The minimum atomic E-state index is -0.339. The second kappa shape index (κ2) is 6.59. The van der Waals surface area contributed by atoms with E-state index in [1.54, 1.807) is 7.11 Å². The molecule has 0 radical (unpaired) electrons. The number of likely N-dealkylation sites (tertiary alicyclic amines) is 1. The van der Waals surface area contributed by atoms with Gasteiger partial charge in [0.05, 0.1) is 0 Å². The van der Waals surface area contributed by atoms with Crippen molar-refractivity contribution < 1.29 is 13.9 Å². The van der Waals surface area contributed by atoms with E-state index in [2.05, 4.69) is 24.0 Å². The van der Waals surface area contributed by atoms with Crippen molar-refractivity contribution >= 4 is 5.91 Å². The average Bonchev–Trinajstić information content (AvgIpc) is 3.02. The van der Waals surface area contributed by atoms with Crippen LogP contribution in [0.25, 0.3) is 0 Å². The zero-order valence-corrected chi connectivity index (χ0v) is 14.4. The van der Waals surface area contributed by atoms with Crippen molar-refractivity contribution in [2.75, 3.05) is 13.7 Å². The summed E-state index contributed by atoms with van der Waals surface area (Å²) in [5, 5.41) is 8.30. The van der Waals surface area contributed by atoms with Crippen molar-refractivity contribution in [3.63, 3.8) is 0 Å². The number of methoxy groups -OCH3 is 1. The van der Waals surface area contributed by atoms with Crippen LogP contribution in [0.1, 0.15) is 64.2 Å². The molecule has 3 rings (SSSR count). The largest absolute Gasteiger partial charge is 0.420 e. The van der Waals surface area contributed by atoms with Crippen LogP contribution in [0.4, 0.5) is 0 Å². The highest BCUT2D eigenvalue weighted by molar-refractivity contribution is 5.77. The van der Waals surface area contributed by atoms with Gasteiger partial charge in [0.15, 0.2) is 0 Å². The van der Waals surface area contributed by atoms with Gasteiger partial charge in [-0.3, -0.25) is 4.79 Å². The van der Waals surface area contributed by atoms with Crippen LogP contribution in [0.5, 0.6) is 0 Å². The molecule has 2 aliphatic rings. The van der Waals surface area contributed by atoms with Crippen LogP contribution in [0.2, 0.25) is 0 Å². The van der Waals surface area contributed by atoms with Gasteiger partial charge in [0.2, 0.25) is 17.7 Å². The molecule has 23 heavy (non-hydrogen) atoms. The van der Waals surface area contributed by atoms with Crippen LogP contribution >= 0.6 is 0 Å². The Kier molecular flexibility index (Phi) is 4.71. The molecule has 0 spiro atoms. The molecule has 1 aromatic heterocycles. The van der Waals surface area contributed by atoms with Gasteiger partial charge in [-0.05, 0) is 37.5 Å². The van der Waals surface area contributed by atoms with Gasteiger partial charge in [-0.2, -0.15) is 0 Å². The van der Waals surface area contributed by atoms with Crippen LogP contribution in [0.3, 0.4) is 0 Å². The van der Waals surface area contributed by atoms with Gasteiger partial charge >= 0.3 is 0 Å². The normalized spacial score (nSPS) is 26.4. The van der Waals surface area contributed by atoms with Gasteiger partial charge in [-0.25, -0.2) is 0 Å². The lowest BCUT2D eigenvalue weighted by Crippen LogP contribution is -2.53. The van der Waals surface area contributed by atoms with E-state index in [9.17, 15) is 4.79 Å². The first-order chi connectivity index (χ1) is 11.1. The summed E-state index contributed by atoms with van der Waals surface area (Å²) >= 11 is 0. The lowest BCUT2D eigenvalue weighted by molar-refractivity contribution is -0.142. The van der Waals surface area contributed by atoms with E-state index in [1.807, 2.05) is 4.90 Å². The standard InChI is InChI=1S/C17H27N3O3/c1-12(2)5-4-6-15(21)20-10-8-13-7-9-17(13,20)16-19-18-14(23-16)11-22-3/h12-13H,4-11H2,1-3H3/t13-,17-/m0/s1. The van der Waals surface area contributed by atoms with E-state index < -0.39 is 0 Å². The second-order valence-electron chi connectivity index (χ2n) is 7.21. The molecule has 1 aliphatic carbocycles. The number of carbonyl (C=O) groups excluding carboxylic acids is 1. The molecule has 0 aromatic carbocycles. The number of ether oxygens (including phenoxy) is 1. The summed E-state index contributed by atoms with van der Waals surface area (Å²) in [6, 6.07) is 0. The maximum atomic E-state index is 12.7. The number of nitrogens with zero attached hydrogens (tertiary/aromatic N) is 3. The number of hydrogen-bond acceptors (Lipinski definition) is 5. The zero-order chi connectivity index (χ0) is 16.4. The summed E-state index contributed by atoms with van der Waals surface area (Å²) < 4.78 is 10.9. The Morgan fingerprint density at radius 1 is 1.43 bits per heavy atom. The monoisotopic (exact) mass is 321 g/mol. The fourth-order valence-corrected chi connectivity index (χ4v) is 4.00. The average molecular weight is 321 g/mol. The Bertz CT molecular complexity index is 557. The smallest absolute Gasteiger partial charge is 0.242 e. The molecule has 1 amide bonds. The van der Waals surface area contributed by atoms with Gasteiger partial charge < -0.3 is 14.1 Å². The number of amides is 1. The van der Waals surface area contributed by atoms with Crippen molar-refractivity contribution in [3.8, 4) is 0 Å². The van der Waals surface area contributed by atoms with Crippen LogP contribution in [-0.4, -0.2) is 34.7 Å². The molecule has 2 heterocycles. The maximum absolute atomic E-state index is 12.7. The Hall–Kier alpha value is -1.43. The summed E-state index contributed by atoms with van der Waals surface area (Å²) in [7, 11) is 1.61. The first-order valence-corrected chi connectivity index (χ1v) is 8.70. The van der Waals surface area contributed by atoms with Crippen molar-refractivity contribution in [1.29, 1.82) is 0 Å². The first kappa shape index (κ1) is 16.4. The SMILES string of the molecule is COCc1nnc([C@]23CC[C@H]2CCN3C(=O)CCCC(C)C)o1. The maximum Gasteiger partial charge on any atom is 0.242 e. The number of fused-ring (bicyclic) bond motifs is 1. The summed E-state index contributed by atoms with van der Waals surface area (Å²) in [5.41, 5.74) is -0.339. The Morgan fingerprint density at radius 2 is 2.26 bits per heavy atom. The third-order valence-corrected chi connectivity index (χ3v) is 5.31. The van der Waals surface area contributed by atoms with Crippen molar-refractivity contribution in [3.05, 3.63) is 11.8 Å². The third kappa shape index (κ3) is 2.89. The lowest BCUT2D eigenvalue weighted by Gasteiger charge is -2.47. The second-order valence-corrected chi connectivity index (χ2v) is 7.21. The quantitative estimate of drug-likeness (QED) is 0.772.